The van der Waals surface area contributed by atoms with Crippen LogP contribution >= 0.6 is 0 Å². The molecule has 0 aromatic rings. The number of ketones is 1. The van der Waals surface area contributed by atoms with E-state index >= 15 is 0 Å². The molecular weight excluding hydrogens is 300 g/mol. The minimum Gasteiger partial charge on any atom is -0.388 e. The highest BCUT2D eigenvalue weighted by molar-refractivity contribution is 5.91. The van der Waals surface area contributed by atoms with E-state index in [4.69, 9.17) is 0 Å². The van der Waals surface area contributed by atoms with E-state index in [1.807, 2.05) is 0 Å². The van der Waals surface area contributed by atoms with Crippen molar-refractivity contribution in [3.8, 4) is 0 Å². The van der Waals surface area contributed by atoms with Gasteiger partial charge in [0.25, 0.3) is 0 Å². The fourth-order valence-electron chi connectivity index (χ4n) is 7.31. The van der Waals surface area contributed by atoms with Gasteiger partial charge in [-0.3, -0.25) is 4.79 Å². The Kier molecular flexibility index (Phi) is 3.78. The Morgan fingerprint density at radius 3 is 2.67 bits per heavy atom. The van der Waals surface area contributed by atoms with Crippen LogP contribution in [-0.2, 0) is 4.79 Å². The van der Waals surface area contributed by atoms with E-state index in [9.17, 15) is 15.0 Å². The van der Waals surface area contributed by atoms with Gasteiger partial charge in [0.1, 0.15) is 12.2 Å². The fourth-order valence-corrected chi connectivity index (χ4v) is 7.31. The van der Waals surface area contributed by atoms with Gasteiger partial charge in [-0.25, -0.2) is 0 Å². The van der Waals surface area contributed by atoms with Crippen LogP contribution in [-0.4, -0.2) is 28.2 Å². The summed E-state index contributed by atoms with van der Waals surface area (Å²) in [6, 6.07) is 0. The first-order valence-electron chi connectivity index (χ1n) is 9.93. The van der Waals surface area contributed by atoms with E-state index in [-0.39, 0.29) is 5.92 Å². The fraction of sp³-hybridized carbons (Fsp3) is 0.857. The number of aliphatic hydroxyl groups excluding tert-OH is 1. The summed E-state index contributed by atoms with van der Waals surface area (Å²) in [5.41, 5.74) is -1.45. The molecule has 0 heterocycles. The van der Waals surface area contributed by atoms with Crippen LogP contribution in [0.3, 0.4) is 0 Å². The molecule has 2 N–H and O–H groups in total. The number of fused-ring (bicyclic) bond motifs is 5. The third kappa shape index (κ3) is 1.94. The number of aliphatic hydroxyl groups is 2. The summed E-state index contributed by atoms with van der Waals surface area (Å²) in [4.78, 5) is 12.3. The van der Waals surface area contributed by atoms with Crippen LogP contribution < -0.4 is 0 Å². The van der Waals surface area contributed by atoms with E-state index < -0.39 is 23.4 Å². The lowest BCUT2D eigenvalue weighted by atomic mass is 9.44. The molecule has 3 fully saturated rings. The van der Waals surface area contributed by atoms with Crippen molar-refractivity contribution in [1.82, 2.24) is 0 Å². The monoisotopic (exact) mass is 332 g/mol. The normalized spacial score (nSPS) is 53.2. The van der Waals surface area contributed by atoms with Crippen molar-refractivity contribution in [2.45, 2.75) is 70.8 Å². The summed E-state index contributed by atoms with van der Waals surface area (Å²) >= 11 is 0. The lowest BCUT2D eigenvalue weighted by molar-refractivity contribution is -0.165. The van der Waals surface area contributed by atoms with E-state index in [1.54, 1.807) is 6.08 Å². The Balaban J connectivity index is 1.67. The second kappa shape index (κ2) is 5.41. The molecule has 4 aliphatic carbocycles. The van der Waals surface area contributed by atoms with Crippen molar-refractivity contribution in [3.63, 3.8) is 0 Å². The lowest BCUT2D eigenvalue weighted by Gasteiger charge is -2.61. The number of carbonyl (C=O) groups excluding carboxylic acids is 1. The number of allylic oxidation sites excluding steroid dienone is 1. The van der Waals surface area contributed by atoms with Crippen LogP contribution in [0.1, 0.15) is 65.2 Å². The quantitative estimate of drug-likeness (QED) is 0.761. The molecule has 24 heavy (non-hydrogen) atoms. The van der Waals surface area contributed by atoms with Gasteiger partial charge in [-0.05, 0) is 73.7 Å². The van der Waals surface area contributed by atoms with E-state index in [1.165, 1.54) is 38.5 Å². The minimum absolute atomic E-state index is 0.274. The van der Waals surface area contributed by atoms with Crippen LogP contribution in [0, 0.1) is 34.5 Å². The van der Waals surface area contributed by atoms with Crippen LogP contribution in [0.5, 0.6) is 0 Å². The van der Waals surface area contributed by atoms with E-state index in [2.05, 4.69) is 19.9 Å². The molecule has 3 nitrogen and oxygen atoms in total. The first-order valence-corrected chi connectivity index (χ1v) is 9.93. The van der Waals surface area contributed by atoms with Crippen molar-refractivity contribution in [2.24, 2.45) is 34.5 Å². The van der Waals surface area contributed by atoms with Gasteiger partial charge in [-0.2, -0.15) is 0 Å². The molecule has 0 aromatic carbocycles. The van der Waals surface area contributed by atoms with Crippen LogP contribution in [0.25, 0.3) is 0 Å². The molecule has 0 saturated heterocycles. The zero-order valence-corrected chi connectivity index (χ0v) is 15.1. The highest BCUT2D eigenvalue weighted by atomic mass is 16.3. The Morgan fingerprint density at radius 2 is 1.92 bits per heavy atom. The molecule has 0 aliphatic heterocycles. The van der Waals surface area contributed by atoms with Gasteiger partial charge < -0.3 is 10.2 Å². The smallest absolute Gasteiger partial charge is 0.194 e. The van der Waals surface area contributed by atoms with Crippen molar-refractivity contribution in [3.05, 3.63) is 12.2 Å². The summed E-state index contributed by atoms with van der Waals surface area (Å²) in [7, 11) is 0. The number of Topliss-reactive ketones (excluding diaryl/α,β-unsaturated/α-hetero) is 1. The lowest BCUT2D eigenvalue weighted by Crippen LogP contribution is -2.59. The third-order valence-corrected chi connectivity index (χ3v) is 8.82. The number of rotatable bonds is 2. The molecule has 0 radical (unpaired) electrons. The Morgan fingerprint density at radius 1 is 1.12 bits per heavy atom. The second-order valence-electron chi connectivity index (χ2n) is 9.48. The van der Waals surface area contributed by atoms with Gasteiger partial charge in [-0.1, -0.05) is 32.8 Å². The first-order chi connectivity index (χ1) is 11.4. The largest absolute Gasteiger partial charge is 0.388 e. The molecule has 0 spiro atoms. The highest BCUT2D eigenvalue weighted by Gasteiger charge is 2.64. The summed E-state index contributed by atoms with van der Waals surface area (Å²) in [6.45, 7) is 4.04. The molecular formula is C21H32O3. The average Bonchev–Trinajstić information content (AvgIpc) is 2.86. The zero-order valence-electron chi connectivity index (χ0n) is 15.1. The minimum atomic E-state index is -1.47. The van der Waals surface area contributed by atoms with Crippen molar-refractivity contribution in [2.75, 3.05) is 6.61 Å². The summed E-state index contributed by atoms with van der Waals surface area (Å²) < 4.78 is 0. The van der Waals surface area contributed by atoms with E-state index in [0.717, 1.165) is 24.7 Å². The Hall–Kier alpha value is -0.670. The molecule has 4 aliphatic rings. The molecule has 134 valence electrons. The summed E-state index contributed by atoms with van der Waals surface area (Å²) in [5, 5.41) is 20.5. The van der Waals surface area contributed by atoms with Crippen LogP contribution in [0.2, 0.25) is 0 Å². The van der Waals surface area contributed by atoms with Gasteiger partial charge in [0, 0.05) is 5.41 Å². The predicted octanol–water partition coefficient (Wildman–Crippen LogP) is 3.49. The predicted molar refractivity (Wildman–Crippen MR) is 93.3 cm³/mol. The number of hydrogen-bond acceptors (Lipinski definition) is 3. The van der Waals surface area contributed by atoms with Gasteiger partial charge >= 0.3 is 0 Å². The molecule has 3 heteroatoms. The van der Waals surface area contributed by atoms with Crippen molar-refractivity contribution < 1.29 is 15.0 Å². The van der Waals surface area contributed by atoms with Crippen molar-refractivity contribution >= 4 is 5.78 Å². The SMILES string of the molecule is C[C@]12CCCCC1CC[C@@H]1[C@@H]2CC[C@@]2(C)[C@H]1C=C[C@]2(O)C(=O)CO. The highest BCUT2D eigenvalue weighted by Crippen LogP contribution is 2.66. The van der Waals surface area contributed by atoms with E-state index in [0.29, 0.717) is 11.3 Å². The van der Waals surface area contributed by atoms with Gasteiger partial charge in [0.2, 0.25) is 0 Å². The van der Waals surface area contributed by atoms with Gasteiger partial charge in [0.05, 0.1) is 0 Å². The molecule has 1 unspecified atom stereocenters. The third-order valence-electron chi connectivity index (χ3n) is 8.82. The average molecular weight is 332 g/mol. The first kappa shape index (κ1) is 16.8. The molecule has 4 rings (SSSR count). The standard InChI is InChI=1S/C21H32O3/c1-19-10-4-3-5-14(19)6-7-15-16(19)8-11-20(2)17(15)9-12-21(20,24)18(23)13-22/h9,12,14-17,22,24H,3-8,10-11,13H2,1-2H3/t14?,15-,16+,17+,19+,20+,21+/m1/s1. The molecule has 0 aromatic heterocycles. The van der Waals surface area contributed by atoms with Crippen LogP contribution in [0.4, 0.5) is 0 Å². The molecule has 3 saturated carbocycles. The maximum Gasteiger partial charge on any atom is 0.194 e. The van der Waals surface area contributed by atoms with Crippen molar-refractivity contribution in [1.29, 1.82) is 0 Å². The summed E-state index contributed by atoms with van der Waals surface area (Å²) in [5.74, 6) is 2.03. The topological polar surface area (TPSA) is 57.5 Å². The number of carbonyl (C=O) groups is 1. The molecule has 7 atom stereocenters. The van der Waals surface area contributed by atoms with Gasteiger partial charge in [0.15, 0.2) is 5.78 Å². The second-order valence-corrected chi connectivity index (χ2v) is 9.48. The van der Waals surface area contributed by atoms with Crippen LogP contribution in [0.15, 0.2) is 12.2 Å². The maximum atomic E-state index is 12.3. The Labute approximate surface area is 145 Å². The van der Waals surface area contributed by atoms with Gasteiger partial charge in [-0.15, -0.1) is 0 Å². The zero-order chi connectivity index (χ0) is 17.2. The molecule has 0 amide bonds. The molecule has 0 bridgehead atoms. The maximum absolute atomic E-state index is 12.3. The number of hydrogen-bond donors (Lipinski definition) is 2. The Bertz CT molecular complexity index is 569. The summed E-state index contributed by atoms with van der Waals surface area (Å²) in [6.07, 6.45) is 13.9.